The number of carbonyl (C=O) groups excluding carboxylic acids is 1. The standard InChI is InChI=1S/C16H21N5O/c1-12-7-10-21(20-12)11-9-18-16(22)15-5-2-4-14(19-15)13-6-3-8-17-13/h2,4-5,7,10,13,17H,3,6,8-9,11H2,1H3,(H,18,22). The van der Waals surface area contributed by atoms with Gasteiger partial charge in [-0.2, -0.15) is 5.10 Å². The van der Waals surface area contributed by atoms with Crippen LogP contribution in [0, 0.1) is 6.92 Å². The highest BCUT2D eigenvalue weighted by Gasteiger charge is 2.18. The third-order valence-electron chi connectivity index (χ3n) is 3.82. The number of pyridine rings is 1. The van der Waals surface area contributed by atoms with Crippen LogP contribution >= 0.6 is 0 Å². The second-order valence-corrected chi connectivity index (χ2v) is 5.57. The fourth-order valence-corrected chi connectivity index (χ4v) is 2.67. The molecular weight excluding hydrogens is 278 g/mol. The van der Waals surface area contributed by atoms with Crippen LogP contribution in [0.1, 0.15) is 40.8 Å². The lowest BCUT2D eigenvalue weighted by Gasteiger charge is -2.11. The van der Waals surface area contributed by atoms with Gasteiger partial charge in [0.05, 0.1) is 17.9 Å². The number of nitrogens with zero attached hydrogens (tertiary/aromatic N) is 3. The molecule has 1 unspecified atom stereocenters. The molecule has 0 aromatic carbocycles. The smallest absolute Gasteiger partial charge is 0.269 e. The SMILES string of the molecule is Cc1ccn(CCNC(=O)c2cccc(C3CCCN3)n2)n1. The summed E-state index contributed by atoms with van der Waals surface area (Å²) in [6, 6.07) is 7.85. The molecule has 1 atom stereocenters. The average Bonchev–Trinajstić information content (AvgIpc) is 3.19. The van der Waals surface area contributed by atoms with Gasteiger partial charge in [-0.05, 0) is 44.5 Å². The number of hydrogen-bond donors (Lipinski definition) is 2. The molecule has 3 rings (SSSR count). The molecule has 1 saturated heterocycles. The predicted octanol–water partition coefficient (Wildman–Crippen LogP) is 1.44. The van der Waals surface area contributed by atoms with E-state index in [1.165, 1.54) is 0 Å². The molecule has 2 aromatic heterocycles. The highest BCUT2D eigenvalue weighted by atomic mass is 16.1. The Balaban J connectivity index is 1.56. The lowest BCUT2D eigenvalue weighted by atomic mass is 10.1. The summed E-state index contributed by atoms with van der Waals surface area (Å²) in [6.07, 6.45) is 4.15. The average molecular weight is 299 g/mol. The fraction of sp³-hybridized carbons (Fsp3) is 0.438. The Morgan fingerprint density at radius 1 is 1.45 bits per heavy atom. The zero-order valence-electron chi connectivity index (χ0n) is 12.7. The van der Waals surface area contributed by atoms with E-state index in [9.17, 15) is 4.79 Å². The van der Waals surface area contributed by atoms with Gasteiger partial charge in [-0.25, -0.2) is 4.98 Å². The molecule has 1 fully saturated rings. The Labute approximate surface area is 129 Å². The third kappa shape index (κ3) is 3.51. The van der Waals surface area contributed by atoms with Crippen LogP contribution in [0.3, 0.4) is 0 Å². The summed E-state index contributed by atoms with van der Waals surface area (Å²) in [7, 11) is 0. The molecule has 2 N–H and O–H groups in total. The van der Waals surface area contributed by atoms with Crippen molar-refractivity contribution in [2.45, 2.75) is 32.4 Å². The maximum absolute atomic E-state index is 12.2. The van der Waals surface area contributed by atoms with Crippen molar-refractivity contribution < 1.29 is 4.79 Å². The van der Waals surface area contributed by atoms with Crippen molar-refractivity contribution in [1.82, 2.24) is 25.4 Å². The molecule has 0 spiro atoms. The van der Waals surface area contributed by atoms with Gasteiger partial charge >= 0.3 is 0 Å². The van der Waals surface area contributed by atoms with E-state index >= 15 is 0 Å². The Morgan fingerprint density at radius 2 is 2.36 bits per heavy atom. The van der Waals surface area contributed by atoms with Crippen molar-refractivity contribution in [3.8, 4) is 0 Å². The molecule has 0 radical (unpaired) electrons. The largest absolute Gasteiger partial charge is 0.349 e. The molecule has 6 nitrogen and oxygen atoms in total. The van der Waals surface area contributed by atoms with Crippen LogP contribution in [0.15, 0.2) is 30.5 Å². The molecule has 1 aliphatic rings. The molecule has 0 bridgehead atoms. The summed E-state index contributed by atoms with van der Waals surface area (Å²) in [4.78, 5) is 16.7. The van der Waals surface area contributed by atoms with Crippen LogP contribution in [0.2, 0.25) is 0 Å². The topological polar surface area (TPSA) is 71.8 Å². The Kier molecular flexibility index (Phi) is 4.48. The zero-order valence-corrected chi connectivity index (χ0v) is 12.7. The minimum atomic E-state index is -0.135. The number of aromatic nitrogens is 3. The summed E-state index contributed by atoms with van der Waals surface area (Å²) in [6.45, 7) is 4.16. The number of aryl methyl sites for hydroxylation is 1. The maximum atomic E-state index is 12.2. The van der Waals surface area contributed by atoms with Crippen molar-refractivity contribution in [2.24, 2.45) is 0 Å². The van der Waals surface area contributed by atoms with Crippen molar-refractivity contribution in [2.75, 3.05) is 13.1 Å². The van der Waals surface area contributed by atoms with E-state index in [0.717, 1.165) is 30.8 Å². The van der Waals surface area contributed by atoms with Gasteiger partial charge in [0.2, 0.25) is 0 Å². The summed E-state index contributed by atoms with van der Waals surface area (Å²) < 4.78 is 1.82. The van der Waals surface area contributed by atoms with E-state index in [2.05, 4.69) is 20.7 Å². The van der Waals surface area contributed by atoms with Crippen LogP contribution in [0.4, 0.5) is 0 Å². The summed E-state index contributed by atoms with van der Waals surface area (Å²) in [5.41, 5.74) is 2.40. The second-order valence-electron chi connectivity index (χ2n) is 5.57. The summed E-state index contributed by atoms with van der Waals surface area (Å²) in [5.74, 6) is -0.135. The number of nitrogens with one attached hydrogen (secondary N) is 2. The molecule has 22 heavy (non-hydrogen) atoms. The van der Waals surface area contributed by atoms with Crippen molar-refractivity contribution in [1.29, 1.82) is 0 Å². The van der Waals surface area contributed by atoms with Crippen molar-refractivity contribution >= 4 is 5.91 Å². The van der Waals surface area contributed by atoms with Crippen molar-refractivity contribution in [3.63, 3.8) is 0 Å². The fourth-order valence-electron chi connectivity index (χ4n) is 2.67. The minimum absolute atomic E-state index is 0.135. The predicted molar refractivity (Wildman–Crippen MR) is 83.5 cm³/mol. The first kappa shape index (κ1) is 14.7. The molecule has 1 amide bonds. The number of amides is 1. The van der Waals surface area contributed by atoms with Gasteiger partial charge in [0.1, 0.15) is 5.69 Å². The van der Waals surface area contributed by atoms with E-state index < -0.39 is 0 Å². The Hall–Kier alpha value is -2.21. The van der Waals surface area contributed by atoms with E-state index in [1.807, 2.05) is 36.0 Å². The highest BCUT2D eigenvalue weighted by Crippen LogP contribution is 2.21. The Morgan fingerprint density at radius 3 is 3.09 bits per heavy atom. The molecular formula is C16H21N5O. The van der Waals surface area contributed by atoms with Gasteiger partial charge in [-0.15, -0.1) is 0 Å². The molecule has 6 heteroatoms. The van der Waals surface area contributed by atoms with Crippen LogP contribution in [0.5, 0.6) is 0 Å². The summed E-state index contributed by atoms with van der Waals surface area (Å²) in [5, 5.41) is 10.6. The minimum Gasteiger partial charge on any atom is -0.349 e. The Bertz CT molecular complexity index is 645. The first-order valence-corrected chi connectivity index (χ1v) is 7.71. The van der Waals surface area contributed by atoms with E-state index in [1.54, 1.807) is 6.07 Å². The number of hydrogen-bond acceptors (Lipinski definition) is 4. The van der Waals surface area contributed by atoms with Gasteiger partial charge in [-0.3, -0.25) is 9.48 Å². The molecule has 0 saturated carbocycles. The molecule has 116 valence electrons. The van der Waals surface area contributed by atoms with E-state index in [4.69, 9.17) is 0 Å². The van der Waals surface area contributed by atoms with Gasteiger partial charge in [0.15, 0.2) is 0 Å². The summed E-state index contributed by atoms with van der Waals surface area (Å²) >= 11 is 0. The quantitative estimate of drug-likeness (QED) is 0.876. The molecule has 0 aliphatic carbocycles. The van der Waals surface area contributed by atoms with E-state index in [0.29, 0.717) is 18.8 Å². The lowest BCUT2D eigenvalue weighted by Crippen LogP contribution is -2.28. The van der Waals surface area contributed by atoms with Crippen LogP contribution in [-0.4, -0.2) is 33.8 Å². The zero-order chi connectivity index (χ0) is 15.4. The van der Waals surface area contributed by atoms with Crippen molar-refractivity contribution in [3.05, 3.63) is 47.5 Å². The highest BCUT2D eigenvalue weighted by molar-refractivity contribution is 5.92. The second kappa shape index (κ2) is 6.70. The maximum Gasteiger partial charge on any atom is 0.269 e. The van der Waals surface area contributed by atoms with Gasteiger partial charge in [-0.1, -0.05) is 6.07 Å². The first-order valence-electron chi connectivity index (χ1n) is 7.71. The van der Waals surface area contributed by atoms with Gasteiger partial charge < -0.3 is 10.6 Å². The van der Waals surface area contributed by atoms with Gasteiger partial charge in [0.25, 0.3) is 5.91 Å². The number of rotatable bonds is 5. The van der Waals surface area contributed by atoms with Crippen LogP contribution in [-0.2, 0) is 6.54 Å². The van der Waals surface area contributed by atoms with Crippen LogP contribution < -0.4 is 10.6 Å². The lowest BCUT2D eigenvalue weighted by molar-refractivity contribution is 0.0946. The molecule has 2 aromatic rings. The number of carbonyl (C=O) groups is 1. The normalized spacial score (nSPS) is 17.6. The molecule has 1 aliphatic heterocycles. The van der Waals surface area contributed by atoms with Crippen LogP contribution in [0.25, 0.3) is 0 Å². The third-order valence-corrected chi connectivity index (χ3v) is 3.82. The monoisotopic (exact) mass is 299 g/mol. The molecule has 3 heterocycles. The van der Waals surface area contributed by atoms with Gasteiger partial charge in [0, 0.05) is 18.8 Å². The first-order chi connectivity index (χ1) is 10.7. The van der Waals surface area contributed by atoms with E-state index in [-0.39, 0.29) is 11.9 Å².